The van der Waals surface area contributed by atoms with Crippen molar-refractivity contribution in [1.82, 2.24) is 14.1 Å². The maximum Gasteiger partial charge on any atom is 0.352 e. The molecule has 2 N–H and O–H groups in total. The van der Waals surface area contributed by atoms with Crippen LogP contribution in [0.1, 0.15) is 41.1 Å². The van der Waals surface area contributed by atoms with E-state index in [2.05, 4.69) is 28.6 Å². The van der Waals surface area contributed by atoms with Crippen LogP contribution in [0.4, 0.5) is 0 Å². The number of rotatable bonds is 10. The van der Waals surface area contributed by atoms with Gasteiger partial charge in [-0.2, -0.15) is 4.98 Å². The first kappa shape index (κ1) is 28.6. The first-order valence-electron chi connectivity index (χ1n) is 14.3. The number of carbonyl (C=O) groups excluding carboxylic acids is 1. The van der Waals surface area contributed by atoms with E-state index in [0.29, 0.717) is 16.9 Å². The Balaban J connectivity index is 1.07. The van der Waals surface area contributed by atoms with E-state index < -0.39 is 24.1 Å². The van der Waals surface area contributed by atoms with E-state index >= 15 is 0 Å². The number of fused-ring (bicyclic) bond motifs is 3. The predicted molar refractivity (Wildman–Crippen MR) is 161 cm³/mol. The molecule has 43 heavy (non-hydrogen) atoms. The van der Waals surface area contributed by atoms with E-state index in [1.165, 1.54) is 4.57 Å². The van der Waals surface area contributed by atoms with Gasteiger partial charge in [-0.25, -0.2) is 4.79 Å². The molecular weight excluding hydrogens is 550 g/mol. The summed E-state index contributed by atoms with van der Waals surface area (Å²) in [5.41, 5.74) is 3.74. The highest BCUT2D eigenvalue weighted by Gasteiger charge is 2.35. The van der Waals surface area contributed by atoms with Gasteiger partial charge in [0.1, 0.15) is 24.7 Å². The minimum absolute atomic E-state index is 0.0893. The smallest absolute Gasteiger partial charge is 0.352 e. The third kappa shape index (κ3) is 5.64. The number of aromatic nitrogens is 3. The SMILES string of the molecule is CCn1c2ccccc2c2cc(C(=O)COc3ccc(COc4nc(=O)n(C5CC(O)C(CO)O5)cc4C)cc3)ccc21. The normalized spacial score (nSPS) is 18.4. The van der Waals surface area contributed by atoms with Crippen LogP contribution in [0.25, 0.3) is 21.8 Å². The molecule has 0 radical (unpaired) electrons. The molecule has 10 heteroatoms. The summed E-state index contributed by atoms with van der Waals surface area (Å²) >= 11 is 0. The van der Waals surface area contributed by atoms with Crippen LogP contribution in [0, 0.1) is 6.92 Å². The van der Waals surface area contributed by atoms with Gasteiger partial charge >= 0.3 is 5.69 Å². The summed E-state index contributed by atoms with van der Waals surface area (Å²) in [6.45, 7) is 4.47. The maximum atomic E-state index is 13.0. The summed E-state index contributed by atoms with van der Waals surface area (Å²) in [7, 11) is 0. The Hall–Kier alpha value is -4.51. The zero-order chi connectivity index (χ0) is 30.1. The van der Waals surface area contributed by atoms with Crippen molar-refractivity contribution < 1.29 is 29.2 Å². The standard InChI is InChI=1S/C33H33N3O7/c1-3-35-26-7-5-4-6-24(26)25-14-22(10-13-27(25)35)29(39)19-41-23-11-8-21(9-12-23)18-42-32-20(2)16-36(33(40)34-32)31-15-28(38)30(17-37)43-31/h4-14,16,28,30-31,37-38H,3,15,17-19H2,1-2H3. The number of hydrogen-bond acceptors (Lipinski definition) is 8. The van der Waals surface area contributed by atoms with Gasteiger partial charge in [0.15, 0.2) is 12.4 Å². The lowest BCUT2D eigenvalue weighted by Crippen LogP contribution is -2.28. The molecular formula is C33H33N3O7. The maximum absolute atomic E-state index is 13.0. The van der Waals surface area contributed by atoms with Gasteiger partial charge in [-0.3, -0.25) is 9.36 Å². The van der Waals surface area contributed by atoms with Crippen molar-refractivity contribution >= 4 is 27.6 Å². The van der Waals surface area contributed by atoms with Crippen LogP contribution in [-0.2, 0) is 17.9 Å². The topological polar surface area (TPSA) is 125 Å². The zero-order valence-electron chi connectivity index (χ0n) is 24.0. The van der Waals surface area contributed by atoms with E-state index in [9.17, 15) is 19.8 Å². The van der Waals surface area contributed by atoms with Gasteiger partial charge in [-0.1, -0.05) is 30.3 Å². The number of ether oxygens (including phenoxy) is 3. The van der Waals surface area contributed by atoms with E-state index in [4.69, 9.17) is 14.2 Å². The lowest BCUT2D eigenvalue weighted by Gasteiger charge is -2.16. The fourth-order valence-electron chi connectivity index (χ4n) is 5.59. The lowest BCUT2D eigenvalue weighted by molar-refractivity contribution is -0.0460. The second kappa shape index (κ2) is 12.0. The third-order valence-corrected chi connectivity index (χ3v) is 7.86. The molecule has 2 aromatic heterocycles. The molecule has 6 rings (SSSR count). The van der Waals surface area contributed by atoms with Gasteiger partial charge in [0, 0.05) is 52.1 Å². The van der Waals surface area contributed by atoms with Crippen molar-refractivity contribution in [3.8, 4) is 11.6 Å². The number of carbonyl (C=O) groups is 1. The molecule has 3 atom stereocenters. The highest BCUT2D eigenvalue weighted by atomic mass is 16.5. The molecule has 1 saturated heterocycles. The molecule has 3 heterocycles. The van der Waals surface area contributed by atoms with Crippen molar-refractivity contribution in [2.75, 3.05) is 13.2 Å². The number of benzene rings is 3. The molecule has 0 bridgehead atoms. The summed E-state index contributed by atoms with van der Waals surface area (Å²) in [5.74, 6) is 0.643. The van der Waals surface area contributed by atoms with Crippen molar-refractivity contribution in [3.05, 3.63) is 100 Å². The van der Waals surface area contributed by atoms with Crippen molar-refractivity contribution in [3.63, 3.8) is 0 Å². The van der Waals surface area contributed by atoms with Gasteiger partial charge in [-0.15, -0.1) is 0 Å². The van der Waals surface area contributed by atoms with Crippen molar-refractivity contribution in [2.24, 2.45) is 0 Å². The minimum atomic E-state index is -0.854. The highest BCUT2D eigenvalue weighted by molar-refractivity contribution is 6.11. The average Bonchev–Trinajstić information content (AvgIpc) is 3.56. The number of para-hydroxylation sites is 1. The van der Waals surface area contributed by atoms with E-state index in [-0.39, 0.29) is 37.9 Å². The van der Waals surface area contributed by atoms with Crippen LogP contribution < -0.4 is 15.2 Å². The number of Topliss-reactive ketones (excluding diaryl/α,β-unsaturated/α-hetero) is 1. The third-order valence-electron chi connectivity index (χ3n) is 7.86. The van der Waals surface area contributed by atoms with Crippen LogP contribution in [0.2, 0.25) is 0 Å². The number of aliphatic hydroxyl groups excluding tert-OH is 2. The molecule has 10 nitrogen and oxygen atoms in total. The molecule has 1 fully saturated rings. The van der Waals surface area contributed by atoms with Crippen LogP contribution in [0.3, 0.4) is 0 Å². The van der Waals surface area contributed by atoms with Crippen molar-refractivity contribution in [2.45, 2.75) is 51.9 Å². The summed E-state index contributed by atoms with van der Waals surface area (Å²) in [6.07, 6.45) is -0.526. The summed E-state index contributed by atoms with van der Waals surface area (Å²) in [6, 6.07) is 21.2. The number of aliphatic hydroxyl groups is 2. The Morgan fingerprint density at radius 3 is 2.56 bits per heavy atom. The van der Waals surface area contributed by atoms with Crippen LogP contribution in [0.15, 0.2) is 77.7 Å². The monoisotopic (exact) mass is 583 g/mol. The Bertz CT molecular complexity index is 1840. The second-order valence-electron chi connectivity index (χ2n) is 10.7. The van der Waals surface area contributed by atoms with Crippen LogP contribution in [-0.4, -0.2) is 55.5 Å². The molecule has 3 aromatic carbocycles. The van der Waals surface area contributed by atoms with Gasteiger partial charge in [-0.05, 0) is 55.8 Å². The van der Waals surface area contributed by atoms with Gasteiger partial charge in [0.25, 0.3) is 0 Å². The largest absolute Gasteiger partial charge is 0.485 e. The van der Waals surface area contributed by atoms with Gasteiger partial charge in [0.05, 0.1) is 12.7 Å². The Morgan fingerprint density at radius 1 is 1.05 bits per heavy atom. The number of aryl methyl sites for hydroxylation is 2. The molecule has 0 aliphatic carbocycles. The van der Waals surface area contributed by atoms with Gasteiger partial charge in [0.2, 0.25) is 5.88 Å². The van der Waals surface area contributed by atoms with E-state index in [1.54, 1.807) is 25.3 Å². The van der Waals surface area contributed by atoms with Crippen LogP contribution >= 0.6 is 0 Å². The molecule has 222 valence electrons. The Labute approximate surface area is 247 Å². The number of ketones is 1. The lowest BCUT2D eigenvalue weighted by atomic mass is 10.1. The molecule has 1 aliphatic rings. The summed E-state index contributed by atoms with van der Waals surface area (Å²) < 4.78 is 20.7. The first-order valence-corrected chi connectivity index (χ1v) is 14.3. The quantitative estimate of drug-likeness (QED) is 0.235. The summed E-state index contributed by atoms with van der Waals surface area (Å²) in [5, 5.41) is 21.5. The first-order chi connectivity index (χ1) is 20.9. The fourth-order valence-corrected chi connectivity index (χ4v) is 5.59. The highest BCUT2D eigenvalue weighted by Crippen LogP contribution is 2.30. The van der Waals surface area contributed by atoms with E-state index in [1.807, 2.05) is 42.5 Å². The average molecular weight is 584 g/mol. The second-order valence-corrected chi connectivity index (χ2v) is 10.7. The fraction of sp³-hybridized carbons (Fsp3) is 0.303. The minimum Gasteiger partial charge on any atom is -0.485 e. The molecule has 3 unspecified atom stereocenters. The predicted octanol–water partition coefficient (Wildman–Crippen LogP) is 4.16. The molecule has 1 aliphatic heterocycles. The Morgan fingerprint density at radius 2 is 1.81 bits per heavy atom. The Kier molecular flexibility index (Phi) is 7.98. The number of nitrogens with zero attached hydrogens (tertiary/aromatic N) is 3. The molecule has 0 saturated carbocycles. The van der Waals surface area contributed by atoms with Crippen molar-refractivity contribution in [1.29, 1.82) is 0 Å². The number of hydrogen-bond donors (Lipinski definition) is 2. The molecule has 0 spiro atoms. The van der Waals surface area contributed by atoms with E-state index in [0.717, 1.165) is 33.9 Å². The molecule has 0 amide bonds. The summed E-state index contributed by atoms with van der Waals surface area (Å²) in [4.78, 5) is 29.6. The zero-order valence-corrected chi connectivity index (χ0v) is 24.0. The van der Waals surface area contributed by atoms with Gasteiger partial charge < -0.3 is 29.0 Å². The molecule has 5 aromatic rings. The van der Waals surface area contributed by atoms with Crippen LogP contribution in [0.5, 0.6) is 11.6 Å².